The predicted molar refractivity (Wildman–Crippen MR) is 108 cm³/mol. The van der Waals surface area contributed by atoms with Crippen LogP contribution in [0.3, 0.4) is 0 Å². The predicted octanol–water partition coefficient (Wildman–Crippen LogP) is 3.81. The normalized spacial score (nSPS) is 20.8. The molecule has 0 unspecified atom stereocenters. The number of nitrogens with one attached hydrogen (secondary N) is 2. The summed E-state index contributed by atoms with van der Waals surface area (Å²) in [6.45, 7) is 1.87. The molecule has 2 aromatic rings. The van der Waals surface area contributed by atoms with Gasteiger partial charge in [0.2, 0.25) is 15.9 Å². The van der Waals surface area contributed by atoms with Crippen LogP contribution < -0.4 is 10.0 Å². The molecule has 31 heavy (non-hydrogen) atoms. The Hall–Kier alpha value is -2.46. The average Bonchev–Trinajstić information content (AvgIpc) is 2.74. The topological polar surface area (TPSA) is 88.2 Å². The number of carbonyl (C=O) groups excluding carboxylic acids is 1. The van der Waals surface area contributed by atoms with Crippen LogP contribution in [0.2, 0.25) is 0 Å². The standard InChI is InChI=1S/C21H24F3N3O3S/c1-14(16-3-2-12-25-13-16)26-20(28)15-4-8-18(9-5-15)27-31(29,30)19-10-6-17(7-11-19)21(22,23)24/h2-3,6-7,10-15,18,27H,4-5,8-9H2,1H3,(H,26,28)/t14-,15?,18?/m1/s1. The molecule has 6 nitrogen and oxygen atoms in total. The van der Waals surface area contributed by atoms with Gasteiger partial charge in [-0.05, 0) is 68.5 Å². The molecule has 1 aromatic carbocycles. The van der Waals surface area contributed by atoms with Crippen LogP contribution in [0, 0.1) is 5.92 Å². The van der Waals surface area contributed by atoms with E-state index in [1.54, 1.807) is 18.5 Å². The second-order valence-electron chi connectivity index (χ2n) is 7.71. The molecule has 0 bridgehead atoms. The van der Waals surface area contributed by atoms with Gasteiger partial charge in [0.05, 0.1) is 16.5 Å². The average molecular weight is 456 g/mol. The summed E-state index contributed by atoms with van der Waals surface area (Å²) < 4.78 is 65.5. The molecule has 0 radical (unpaired) electrons. The zero-order valence-corrected chi connectivity index (χ0v) is 17.7. The van der Waals surface area contributed by atoms with Crippen molar-refractivity contribution < 1.29 is 26.4 Å². The van der Waals surface area contributed by atoms with Gasteiger partial charge in [0, 0.05) is 24.4 Å². The maximum absolute atomic E-state index is 12.7. The zero-order valence-electron chi connectivity index (χ0n) is 16.9. The van der Waals surface area contributed by atoms with E-state index < -0.39 is 21.8 Å². The summed E-state index contributed by atoms with van der Waals surface area (Å²) >= 11 is 0. The first kappa shape index (κ1) is 23.2. The molecule has 1 heterocycles. The number of aromatic nitrogens is 1. The lowest BCUT2D eigenvalue weighted by molar-refractivity contribution is -0.137. The maximum atomic E-state index is 12.7. The van der Waals surface area contributed by atoms with E-state index >= 15 is 0 Å². The number of hydrogen-bond donors (Lipinski definition) is 2. The van der Waals surface area contributed by atoms with Gasteiger partial charge in [-0.25, -0.2) is 13.1 Å². The van der Waals surface area contributed by atoms with Gasteiger partial charge < -0.3 is 5.32 Å². The lowest BCUT2D eigenvalue weighted by atomic mass is 9.85. The van der Waals surface area contributed by atoms with E-state index in [1.807, 2.05) is 13.0 Å². The second kappa shape index (κ2) is 9.35. The quantitative estimate of drug-likeness (QED) is 0.693. The van der Waals surface area contributed by atoms with E-state index in [9.17, 15) is 26.4 Å². The number of amides is 1. The van der Waals surface area contributed by atoms with E-state index in [2.05, 4.69) is 15.0 Å². The summed E-state index contributed by atoms with van der Waals surface area (Å²) in [6, 6.07) is 6.52. The third-order valence-corrected chi connectivity index (χ3v) is 6.99. The third-order valence-electron chi connectivity index (χ3n) is 5.45. The Morgan fingerprint density at radius 2 is 1.74 bits per heavy atom. The first-order chi connectivity index (χ1) is 14.6. The fourth-order valence-electron chi connectivity index (χ4n) is 3.63. The Labute approximate surface area is 179 Å². The zero-order chi connectivity index (χ0) is 22.6. The van der Waals surface area contributed by atoms with Gasteiger partial charge in [0.25, 0.3) is 0 Å². The Morgan fingerprint density at radius 1 is 1.10 bits per heavy atom. The molecule has 0 saturated heterocycles. The molecule has 1 saturated carbocycles. The summed E-state index contributed by atoms with van der Waals surface area (Å²) in [5, 5.41) is 2.96. The second-order valence-corrected chi connectivity index (χ2v) is 9.42. The van der Waals surface area contributed by atoms with Crippen molar-refractivity contribution in [2.45, 2.75) is 55.8 Å². The van der Waals surface area contributed by atoms with E-state index in [1.165, 1.54) is 0 Å². The summed E-state index contributed by atoms with van der Waals surface area (Å²) in [7, 11) is -3.94. The number of halogens is 3. The van der Waals surface area contributed by atoms with Gasteiger partial charge in [-0.3, -0.25) is 9.78 Å². The molecular formula is C21H24F3N3O3S. The lowest BCUT2D eigenvalue weighted by Gasteiger charge is -2.29. The van der Waals surface area contributed by atoms with E-state index in [0.717, 1.165) is 29.8 Å². The van der Waals surface area contributed by atoms with Crippen LogP contribution in [-0.4, -0.2) is 25.4 Å². The highest BCUT2D eigenvalue weighted by Crippen LogP contribution is 2.30. The smallest absolute Gasteiger partial charge is 0.349 e. The number of rotatable bonds is 6. The molecule has 168 valence electrons. The minimum absolute atomic E-state index is 0.0830. The Bertz CT molecular complexity index is 988. The minimum Gasteiger partial charge on any atom is -0.349 e. The third kappa shape index (κ3) is 6.04. The first-order valence-corrected chi connectivity index (χ1v) is 11.4. The summed E-state index contributed by atoms with van der Waals surface area (Å²) in [5.74, 6) is -0.300. The summed E-state index contributed by atoms with van der Waals surface area (Å²) in [6.07, 6.45) is 0.808. The fraction of sp³-hybridized carbons (Fsp3) is 0.429. The highest BCUT2D eigenvalue weighted by Gasteiger charge is 2.32. The number of benzene rings is 1. The van der Waals surface area contributed by atoms with Crippen LogP contribution in [0.5, 0.6) is 0 Å². The first-order valence-electron chi connectivity index (χ1n) is 9.96. The molecule has 1 aliphatic carbocycles. The molecule has 3 rings (SSSR count). The molecule has 0 spiro atoms. The Kier molecular flexibility index (Phi) is 7.00. The van der Waals surface area contributed by atoms with Crippen LogP contribution in [-0.2, 0) is 21.0 Å². The lowest BCUT2D eigenvalue weighted by Crippen LogP contribution is -2.41. The van der Waals surface area contributed by atoms with Crippen molar-refractivity contribution in [2.24, 2.45) is 5.92 Å². The number of pyridine rings is 1. The Morgan fingerprint density at radius 3 is 2.29 bits per heavy atom. The monoisotopic (exact) mass is 455 g/mol. The number of nitrogens with zero attached hydrogens (tertiary/aromatic N) is 1. The molecule has 1 fully saturated rings. The largest absolute Gasteiger partial charge is 0.416 e. The van der Waals surface area contributed by atoms with Crippen LogP contribution in [0.1, 0.15) is 49.8 Å². The molecule has 1 atom stereocenters. The van der Waals surface area contributed by atoms with Crippen LogP contribution in [0.25, 0.3) is 0 Å². The molecule has 10 heteroatoms. The van der Waals surface area contributed by atoms with Crippen LogP contribution >= 0.6 is 0 Å². The number of alkyl halides is 3. The van der Waals surface area contributed by atoms with Gasteiger partial charge in [0.1, 0.15) is 0 Å². The van der Waals surface area contributed by atoms with Crippen molar-refractivity contribution in [2.75, 3.05) is 0 Å². The van der Waals surface area contributed by atoms with Crippen LogP contribution in [0.4, 0.5) is 13.2 Å². The fourth-order valence-corrected chi connectivity index (χ4v) is 4.94. The van der Waals surface area contributed by atoms with Gasteiger partial charge in [0.15, 0.2) is 0 Å². The van der Waals surface area contributed by atoms with Gasteiger partial charge >= 0.3 is 6.18 Å². The van der Waals surface area contributed by atoms with Crippen molar-refractivity contribution in [3.05, 3.63) is 59.9 Å². The molecule has 1 amide bonds. The minimum atomic E-state index is -4.52. The SMILES string of the molecule is C[C@@H](NC(=O)C1CCC(NS(=O)(=O)c2ccc(C(F)(F)F)cc2)CC1)c1cccnc1. The number of carbonyl (C=O) groups is 1. The number of hydrogen-bond acceptors (Lipinski definition) is 4. The number of sulfonamides is 1. The molecule has 0 aliphatic heterocycles. The molecule has 1 aliphatic rings. The van der Waals surface area contributed by atoms with Gasteiger partial charge in [-0.1, -0.05) is 6.07 Å². The van der Waals surface area contributed by atoms with Crippen molar-refractivity contribution in [3.8, 4) is 0 Å². The maximum Gasteiger partial charge on any atom is 0.416 e. The van der Waals surface area contributed by atoms with Crippen molar-refractivity contribution >= 4 is 15.9 Å². The summed E-state index contributed by atoms with van der Waals surface area (Å²) in [4.78, 5) is 16.4. The van der Waals surface area contributed by atoms with E-state index in [0.29, 0.717) is 25.7 Å². The van der Waals surface area contributed by atoms with Gasteiger partial charge in [-0.15, -0.1) is 0 Å². The van der Waals surface area contributed by atoms with Crippen molar-refractivity contribution in [1.29, 1.82) is 0 Å². The van der Waals surface area contributed by atoms with Crippen LogP contribution in [0.15, 0.2) is 53.7 Å². The van der Waals surface area contributed by atoms with Gasteiger partial charge in [-0.2, -0.15) is 13.2 Å². The van der Waals surface area contributed by atoms with E-state index in [4.69, 9.17) is 0 Å². The van der Waals surface area contributed by atoms with E-state index in [-0.39, 0.29) is 28.8 Å². The highest BCUT2D eigenvalue weighted by molar-refractivity contribution is 7.89. The molecule has 2 N–H and O–H groups in total. The highest BCUT2D eigenvalue weighted by atomic mass is 32.2. The molecular weight excluding hydrogens is 431 g/mol. The van der Waals surface area contributed by atoms with Crippen molar-refractivity contribution in [1.82, 2.24) is 15.0 Å². The summed E-state index contributed by atoms with van der Waals surface area (Å²) in [5.41, 5.74) is -0.00711. The Balaban J connectivity index is 1.53. The molecule has 1 aromatic heterocycles. The van der Waals surface area contributed by atoms with Crippen molar-refractivity contribution in [3.63, 3.8) is 0 Å².